The number of thiazole rings is 1. The molecule has 0 spiro atoms. The molecule has 0 unspecified atom stereocenters. The first-order valence-corrected chi connectivity index (χ1v) is 6.27. The van der Waals surface area contributed by atoms with Crippen LogP contribution in [0.3, 0.4) is 0 Å². The SMILES string of the molecule is CN(C)CCN(C)c1ccc2nc(N)sc2n1. The molecule has 0 fully saturated rings. The molecule has 0 saturated carbocycles. The lowest BCUT2D eigenvalue weighted by Crippen LogP contribution is -2.28. The first-order chi connectivity index (χ1) is 8.06. The molecule has 0 atom stereocenters. The van der Waals surface area contributed by atoms with E-state index < -0.39 is 0 Å². The Labute approximate surface area is 105 Å². The van der Waals surface area contributed by atoms with Gasteiger partial charge in [-0.2, -0.15) is 0 Å². The van der Waals surface area contributed by atoms with Gasteiger partial charge in [-0.15, -0.1) is 0 Å². The van der Waals surface area contributed by atoms with Crippen LogP contribution >= 0.6 is 11.3 Å². The van der Waals surface area contributed by atoms with E-state index in [2.05, 4.69) is 33.9 Å². The van der Waals surface area contributed by atoms with Crippen molar-refractivity contribution in [3.63, 3.8) is 0 Å². The molecule has 0 aliphatic rings. The van der Waals surface area contributed by atoms with Crippen molar-refractivity contribution in [3.8, 4) is 0 Å². The molecule has 2 N–H and O–H groups in total. The molecular formula is C11H17N5S. The second-order valence-electron chi connectivity index (χ2n) is 4.27. The van der Waals surface area contributed by atoms with Gasteiger partial charge in [-0.1, -0.05) is 11.3 Å². The summed E-state index contributed by atoms with van der Waals surface area (Å²) in [6.07, 6.45) is 0. The largest absolute Gasteiger partial charge is 0.375 e. The zero-order chi connectivity index (χ0) is 12.4. The van der Waals surface area contributed by atoms with E-state index in [0.717, 1.165) is 29.3 Å². The van der Waals surface area contributed by atoms with Crippen LogP contribution in [0.4, 0.5) is 10.9 Å². The van der Waals surface area contributed by atoms with Crippen LogP contribution in [0.5, 0.6) is 0 Å². The average Bonchev–Trinajstić information content (AvgIpc) is 2.64. The Morgan fingerprint density at radius 3 is 2.65 bits per heavy atom. The first kappa shape index (κ1) is 12.1. The third-order valence-electron chi connectivity index (χ3n) is 2.53. The molecule has 0 aromatic carbocycles. The second kappa shape index (κ2) is 4.85. The summed E-state index contributed by atoms with van der Waals surface area (Å²) < 4.78 is 0. The summed E-state index contributed by atoms with van der Waals surface area (Å²) in [7, 11) is 6.17. The molecule has 2 rings (SSSR count). The van der Waals surface area contributed by atoms with E-state index in [0.29, 0.717) is 5.13 Å². The summed E-state index contributed by atoms with van der Waals surface area (Å²) in [6, 6.07) is 3.95. The van der Waals surface area contributed by atoms with E-state index in [1.165, 1.54) is 11.3 Å². The summed E-state index contributed by atoms with van der Waals surface area (Å²) >= 11 is 1.43. The Balaban J connectivity index is 2.17. The molecule has 0 aliphatic carbocycles. The van der Waals surface area contributed by atoms with Gasteiger partial charge < -0.3 is 15.5 Å². The van der Waals surface area contributed by atoms with Crippen molar-refractivity contribution in [2.45, 2.75) is 0 Å². The topological polar surface area (TPSA) is 58.3 Å². The molecule has 17 heavy (non-hydrogen) atoms. The van der Waals surface area contributed by atoms with Crippen LogP contribution in [0, 0.1) is 0 Å². The maximum absolute atomic E-state index is 5.66. The molecule has 0 bridgehead atoms. The highest BCUT2D eigenvalue weighted by Crippen LogP contribution is 2.24. The minimum absolute atomic E-state index is 0.570. The van der Waals surface area contributed by atoms with Crippen molar-refractivity contribution >= 4 is 32.6 Å². The van der Waals surface area contributed by atoms with Crippen molar-refractivity contribution in [3.05, 3.63) is 12.1 Å². The fraction of sp³-hybridized carbons (Fsp3) is 0.455. The van der Waals surface area contributed by atoms with Gasteiger partial charge in [0.2, 0.25) is 0 Å². The van der Waals surface area contributed by atoms with Gasteiger partial charge in [-0.3, -0.25) is 0 Å². The molecule has 2 heterocycles. The molecule has 6 heteroatoms. The standard InChI is InChI=1S/C11H17N5S/c1-15(2)6-7-16(3)9-5-4-8-10(14-9)17-11(12)13-8/h4-5H,6-7H2,1-3H3,(H2,12,13). The normalized spacial score (nSPS) is 11.3. The highest BCUT2D eigenvalue weighted by molar-refractivity contribution is 7.21. The quantitative estimate of drug-likeness (QED) is 0.887. The fourth-order valence-electron chi connectivity index (χ4n) is 1.50. The van der Waals surface area contributed by atoms with Crippen molar-refractivity contribution in [1.82, 2.24) is 14.9 Å². The van der Waals surface area contributed by atoms with Crippen molar-refractivity contribution < 1.29 is 0 Å². The van der Waals surface area contributed by atoms with Crippen molar-refractivity contribution in [1.29, 1.82) is 0 Å². The van der Waals surface area contributed by atoms with Gasteiger partial charge in [0.05, 0.1) is 0 Å². The van der Waals surface area contributed by atoms with Crippen LogP contribution in [0.25, 0.3) is 10.3 Å². The predicted molar refractivity (Wildman–Crippen MR) is 73.7 cm³/mol. The zero-order valence-corrected chi connectivity index (χ0v) is 11.2. The van der Waals surface area contributed by atoms with E-state index in [4.69, 9.17) is 5.73 Å². The molecule has 2 aromatic rings. The van der Waals surface area contributed by atoms with Crippen LogP contribution in [0.15, 0.2) is 12.1 Å². The molecule has 2 aromatic heterocycles. The Morgan fingerprint density at radius 1 is 1.18 bits per heavy atom. The number of nitrogens with zero attached hydrogens (tertiary/aromatic N) is 4. The Bertz CT molecular complexity index is 508. The predicted octanol–water partition coefficient (Wildman–Crippen LogP) is 1.27. The molecule has 0 radical (unpaired) electrons. The minimum Gasteiger partial charge on any atom is -0.375 e. The van der Waals surface area contributed by atoms with E-state index in [-0.39, 0.29) is 0 Å². The number of anilines is 2. The lowest BCUT2D eigenvalue weighted by Gasteiger charge is -2.20. The number of hydrogen-bond acceptors (Lipinski definition) is 6. The number of aromatic nitrogens is 2. The monoisotopic (exact) mass is 251 g/mol. The molecule has 0 amide bonds. The lowest BCUT2D eigenvalue weighted by molar-refractivity contribution is 0.416. The van der Waals surface area contributed by atoms with Gasteiger partial charge in [0.25, 0.3) is 0 Å². The van der Waals surface area contributed by atoms with Gasteiger partial charge in [0.1, 0.15) is 16.2 Å². The van der Waals surface area contributed by atoms with Gasteiger partial charge in [-0.25, -0.2) is 9.97 Å². The lowest BCUT2D eigenvalue weighted by atomic mass is 10.4. The van der Waals surface area contributed by atoms with Gasteiger partial charge in [0, 0.05) is 20.1 Å². The van der Waals surface area contributed by atoms with E-state index >= 15 is 0 Å². The third kappa shape index (κ3) is 2.83. The number of likely N-dealkylation sites (N-methyl/N-ethyl adjacent to an activating group) is 2. The minimum atomic E-state index is 0.570. The number of hydrogen-bond donors (Lipinski definition) is 1. The van der Waals surface area contributed by atoms with Crippen LogP contribution in [-0.2, 0) is 0 Å². The van der Waals surface area contributed by atoms with Gasteiger partial charge in [-0.05, 0) is 26.2 Å². The van der Waals surface area contributed by atoms with E-state index in [9.17, 15) is 0 Å². The zero-order valence-electron chi connectivity index (χ0n) is 10.3. The summed E-state index contributed by atoms with van der Waals surface area (Å²) in [5.41, 5.74) is 6.53. The third-order valence-corrected chi connectivity index (χ3v) is 3.33. The fourth-order valence-corrected chi connectivity index (χ4v) is 2.20. The number of rotatable bonds is 4. The molecular weight excluding hydrogens is 234 g/mol. The van der Waals surface area contributed by atoms with E-state index in [1.807, 2.05) is 19.2 Å². The van der Waals surface area contributed by atoms with Gasteiger partial charge >= 0.3 is 0 Å². The Morgan fingerprint density at radius 2 is 1.94 bits per heavy atom. The summed E-state index contributed by atoms with van der Waals surface area (Å²) in [5, 5.41) is 0.570. The highest BCUT2D eigenvalue weighted by atomic mass is 32.1. The van der Waals surface area contributed by atoms with E-state index in [1.54, 1.807) is 0 Å². The summed E-state index contributed by atoms with van der Waals surface area (Å²) in [5.74, 6) is 0.961. The molecule has 0 saturated heterocycles. The first-order valence-electron chi connectivity index (χ1n) is 5.45. The summed E-state index contributed by atoms with van der Waals surface area (Å²) in [6.45, 7) is 1.95. The number of nitrogens with two attached hydrogens (primary N) is 1. The summed E-state index contributed by atoms with van der Waals surface area (Å²) in [4.78, 5) is 13.9. The Hall–Kier alpha value is -1.40. The van der Waals surface area contributed by atoms with Crippen LogP contribution in [0.2, 0.25) is 0 Å². The van der Waals surface area contributed by atoms with Crippen LogP contribution in [0.1, 0.15) is 0 Å². The smallest absolute Gasteiger partial charge is 0.182 e. The highest BCUT2D eigenvalue weighted by Gasteiger charge is 2.07. The number of pyridine rings is 1. The maximum atomic E-state index is 5.66. The van der Waals surface area contributed by atoms with Crippen molar-refractivity contribution in [2.24, 2.45) is 0 Å². The average molecular weight is 251 g/mol. The maximum Gasteiger partial charge on any atom is 0.182 e. The Kier molecular flexibility index (Phi) is 3.44. The van der Waals surface area contributed by atoms with Crippen LogP contribution < -0.4 is 10.6 Å². The van der Waals surface area contributed by atoms with Crippen LogP contribution in [-0.4, -0.2) is 49.1 Å². The molecule has 0 aliphatic heterocycles. The molecule has 92 valence electrons. The number of fused-ring (bicyclic) bond motifs is 1. The van der Waals surface area contributed by atoms with Gasteiger partial charge in [0.15, 0.2) is 5.13 Å². The molecule has 5 nitrogen and oxygen atoms in total. The number of nitrogen functional groups attached to an aromatic ring is 1. The second-order valence-corrected chi connectivity index (χ2v) is 5.28. The van der Waals surface area contributed by atoms with Crippen molar-refractivity contribution in [2.75, 3.05) is 44.9 Å².